The van der Waals surface area contributed by atoms with E-state index in [0.29, 0.717) is 5.57 Å². The molecule has 10 heavy (non-hydrogen) atoms. The summed E-state index contributed by atoms with van der Waals surface area (Å²) >= 11 is 0. The van der Waals surface area contributed by atoms with Crippen molar-refractivity contribution in [2.45, 2.75) is 20.8 Å². The Morgan fingerprint density at radius 3 is 2.00 bits per heavy atom. The van der Waals surface area contributed by atoms with Crippen molar-refractivity contribution < 1.29 is 9.18 Å². The van der Waals surface area contributed by atoms with E-state index in [1.807, 2.05) is 0 Å². The second kappa shape index (κ2) is 3.99. The van der Waals surface area contributed by atoms with E-state index in [-0.39, 0.29) is 11.6 Å². The van der Waals surface area contributed by atoms with Crippen LogP contribution in [0.4, 0.5) is 4.39 Å². The number of carbonyl (C=O) groups excluding carboxylic acids is 1. The zero-order valence-corrected chi connectivity index (χ0v) is 6.44. The molecule has 0 fully saturated rings. The number of halogens is 1. The SMILES string of the molecule is CC(=O)/C(C)=C/C=C(\C)F. The van der Waals surface area contributed by atoms with Crippen LogP contribution in [0.15, 0.2) is 23.6 Å². The summed E-state index contributed by atoms with van der Waals surface area (Å²) in [6.07, 6.45) is 2.74. The first-order valence-corrected chi connectivity index (χ1v) is 3.05. The molecule has 0 spiro atoms. The normalized spacial score (nSPS) is 13.6. The molecule has 0 aromatic rings. The van der Waals surface area contributed by atoms with Crippen molar-refractivity contribution in [3.63, 3.8) is 0 Å². The van der Waals surface area contributed by atoms with Crippen LogP contribution in [0.2, 0.25) is 0 Å². The zero-order valence-electron chi connectivity index (χ0n) is 6.44. The first-order valence-electron chi connectivity index (χ1n) is 3.05. The van der Waals surface area contributed by atoms with Crippen molar-refractivity contribution in [1.29, 1.82) is 0 Å². The Bertz CT molecular complexity index is 185. The van der Waals surface area contributed by atoms with Crippen LogP contribution in [0.25, 0.3) is 0 Å². The molecular weight excluding hydrogens is 131 g/mol. The van der Waals surface area contributed by atoms with Gasteiger partial charge < -0.3 is 0 Å². The van der Waals surface area contributed by atoms with Gasteiger partial charge in [0.1, 0.15) is 0 Å². The van der Waals surface area contributed by atoms with Crippen LogP contribution < -0.4 is 0 Å². The summed E-state index contributed by atoms with van der Waals surface area (Å²) in [4.78, 5) is 10.5. The molecule has 1 nitrogen and oxygen atoms in total. The third-order valence-corrected chi connectivity index (χ3v) is 1.12. The van der Waals surface area contributed by atoms with E-state index in [1.54, 1.807) is 6.92 Å². The summed E-state index contributed by atoms with van der Waals surface area (Å²) in [5.74, 6) is -0.321. The van der Waals surface area contributed by atoms with Crippen molar-refractivity contribution in [3.05, 3.63) is 23.6 Å². The van der Waals surface area contributed by atoms with Crippen LogP contribution in [0.5, 0.6) is 0 Å². The van der Waals surface area contributed by atoms with Gasteiger partial charge in [-0.05, 0) is 32.4 Å². The fourth-order valence-electron chi connectivity index (χ4n) is 0.357. The maximum Gasteiger partial charge on any atom is 0.155 e. The van der Waals surface area contributed by atoms with Crippen LogP contribution in [0.3, 0.4) is 0 Å². The lowest BCUT2D eigenvalue weighted by Crippen LogP contribution is -1.89. The van der Waals surface area contributed by atoms with Crippen LogP contribution >= 0.6 is 0 Å². The molecule has 0 unspecified atom stereocenters. The van der Waals surface area contributed by atoms with Gasteiger partial charge in [-0.3, -0.25) is 4.79 Å². The third-order valence-electron chi connectivity index (χ3n) is 1.12. The number of allylic oxidation sites excluding steroid dienone is 4. The van der Waals surface area contributed by atoms with Gasteiger partial charge >= 0.3 is 0 Å². The Labute approximate surface area is 60.2 Å². The highest BCUT2D eigenvalue weighted by Crippen LogP contribution is 1.98. The first-order chi connectivity index (χ1) is 4.54. The Hall–Kier alpha value is -0.920. The smallest absolute Gasteiger partial charge is 0.155 e. The van der Waals surface area contributed by atoms with Crippen LogP contribution in [0, 0.1) is 0 Å². The summed E-state index contributed by atoms with van der Waals surface area (Å²) in [5, 5.41) is 0. The van der Waals surface area contributed by atoms with Crippen LogP contribution in [-0.2, 0) is 4.79 Å². The molecule has 0 heterocycles. The number of carbonyl (C=O) groups is 1. The van der Waals surface area contributed by atoms with Gasteiger partial charge in [0, 0.05) is 0 Å². The molecule has 0 aliphatic rings. The minimum absolute atomic E-state index is 0.0301. The van der Waals surface area contributed by atoms with Crippen LogP contribution in [-0.4, -0.2) is 5.78 Å². The lowest BCUT2D eigenvalue weighted by Gasteiger charge is -1.88. The largest absolute Gasteiger partial charge is 0.295 e. The summed E-state index contributed by atoms with van der Waals surface area (Å²) in [5.41, 5.74) is 0.567. The molecule has 0 aliphatic carbocycles. The molecule has 0 aromatic heterocycles. The molecule has 0 rings (SSSR count). The van der Waals surface area contributed by atoms with Gasteiger partial charge in [-0.2, -0.15) is 0 Å². The minimum Gasteiger partial charge on any atom is -0.295 e. The second-order valence-electron chi connectivity index (χ2n) is 2.16. The Morgan fingerprint density at radius 1 is 1.20 bits per heavy atom. The molecule has 56 valence electrons. The minimum atomic E-state index is -0.291. The molecule has 0 saturated carbocycles. The van der Waals surface area contributed by atoms with Crippen LogP contribution in [0.1, 0.15) is 20.8 Å². The van der Waals surface area contributed by atoms with E-state index in [9.17, 15) is 9.18 Å². The topological polar surface area (TPSA) is 17.1 Å². The predicted octanol–water partition coefficient (Wildman–Crippen LogP) is 2.40. The Kier molecular flexibility index (Phi) is 3.62. The molecular formula is C8H11FO. The number of hydrogen-bond acceptors (Lipinski definition) is 1. The quantitative estimate of drug-likeness (QED) is 0.427. The Morgan fingerprint density at radius 2 is 1.70 bits per heavy atom. The average molecular weight is 142 g/mol. The number of rotatable bonds is 2. The van der Waals surface area contributed by atoms with Crippen molar-refractivity contribution in [2.75, 3.05) is 0 Å². The van der Waals surface area contributed by atoms with E-state index in [2.05, 4.69) is 0 Å². The number of Topliss-reactive ketones (excluding diaryl/α,β-unsaturated/α-hetero) is 1. The summed E-state index contributed by atoms with van der Waals surface area (Å²) in [6, 6.07) is 0. The summed E-state index contributed by atoms with van der Waals surface area (Å²) < 4.78 is 12.0. The maximum atomic E-state index is 12.0. The van der Waals surface area contributed by atoms with Gasteiger partial charge in [0.05, 0.1) is 5.83 Å². The molecule has 0 amide bonds. The number of hydrogen-bond donors (Lipinski definition) is 0. The van der Waals surface area contributed by atoms with Gasteiger partial charge in [0.2, 0.25) is 0 Å². The van der Waals surface area contributed by atoms with E-state index in [4.69, 9.17) is 0 Å². The monoisotopic (exact) mass is 142 g/mol. The van der Waals surface area contributed by atoms with Gasteiger partial charge in [0.25, 0.3) is 0 Å². The lowest BCUT2D eigenvalue weighted by molar-refractivity contribution is -0.113. The summed E-state index contributed by atoms with van der Waals surface area (Å²) in [7, 11) is 0. The summed E-state index contributed by atoms with van der Waals surface area (Å²) in [6.45, 7) is 4.44. The predicted molar refractivity (Wildman–Crippen MR) is 39.3 cm³/mol. The molecule has 0 aromatic carbocycles. The van der Waals surface area contributed by atoms with Crippen molar-refractivity contribution >= 4 is 5.78 Å². The average Bonchev–Trinajstić information content (AvgIpc) is 1.82. The fourth-order valence-corrected chi connectivity index (χ4v) is 0.357. The van der Waals surface area contributed by atoms with Gasteiger partial charge in [-0.25, -0.2) is 4.39 Å². The van der Waals surface area contributed by atoms with Crippen molar-refractivity contribution in [1.82, 2.24) is 0 Å². The van der Waals surface area contributed by atoms with E-state index < -0.39 is 0 Å². The maximum absolute atomic E-state index is 12.0. The van der Waals surface area contributed by atoms with Crippen molar-refractivity contribution in [3.8, 4) is 0 Å². The third kappa shape index (κ3) is 4.01. The molecule has 2 heteroatoms. The highest BCUT2D eigenvalue weighted by Gasteiger charge is 1.92. The molecule has 0 saturated heterocycles. The number of ketones is 1. The first kappa shape index (κ1) is 9.08. The van der Waals surface area contributed by atoms with E-state index in [0.717, 1.165) is 0 Å². The fraction of sp³-hybridized carbons (Fsp3) is 0.375. The van der Waals surface area contributed by atoms with Gasteiger partial charge in [-0.1, -0.05) is 6.08 Å². The Balaban J connectivity index is 4.19. The molecule has 0 atom stereocenters. The van der Waals surface area contributed by atoms with Gasteiger partial charge in [-0.15, -0.1) is 0 Å². The second-order valence-corrected chi connectivity index (χ2v) is 2.16. The highest BCUT2D eigenvalue weighted by atomic mass is 19.1. The van der Waals surface area contributed by atoms with Gasteiger partial charge in [0.15, 0.2) is 5.78 Å². The molecule has 0 N–H and O–H groups in total. The van der Waals surface area contributed by atoms with E-state index >= 15 is 0 Å². The van der Waals surface area contributed by atoms with Crippen molar-refractivity contribution in [2.24, 2.45) is 0 Å². The van der Waals surface area contributed by atoms with E-state index in [1.165, 1.54) is 26.0 Å². The highest BCUT2D eigenvalue weighted by molar-refractivity contribution is 5.92. The molecule has 0 bridgehead atoms. The molecule has 0 aliphatic heterocycles. The standard InChI is InChI=1S/C8H11FO/c1-6(8(3)10)4-5-7(2)9/h4-5H,1-3H3/b6-4+,7-5+. The molecule has 0 radical (unpaired) electrons. The lowest BCUT2D eigenvalue weighted by atomic mass is 10.2. The zero-order chi connectivity index (χ0) is 8.15.